The van der Waals surface area contributed by atoms with Crippen molar-refractivity contribution in [2.45, 2.75) is 32.6 Å². The van der Waals surface area contributed by atoms with Crippen molar-refractivity contribution in [1.82, 2.24) is 5.32 Å². The molecule has 0 bridgehead atoms. The van der Waals surface area contributed by atoms with E-state index < -0.39 is 0 Å². The van der Waals surface area contributed by atoms with Gasteiger partial charge in [-0.2, -0.15) is 0 Å². The molecule has 1 saturated carbocycles. The lowest BCUT2D eigenvalue weighted by Crippen LogP contribution is -2.41. The van der Waals surface area contributed by atoms with Crippen LogP contribution in [0.2, 0.25) is 0 Å². The van der Waals surface area contributed by atoms with E-state index in [9.17, 15) is 4.79 Å². The highest BCUT2D eigenvalue weighted by molar-refractivity contribution is 9.10. The monoisotopic (exact) mass is 325 g/mol. The minimum absolute atomic E-state index is 0.0518. The molecule has 2 rings (SSSR count). The zero-order valence-corrected chi connectivity index (χ0v) is 13.0. The zero-order valence-electron chi connectivity index (χ0n) is 11.5. The van der Waals surface area contributed by atoms with Gasteiger partial charge in [-0.15, -0.1) is 0 Å². The number of ether oxygens (including phenoxy) is 1. The predicted molar refractivity (Wildman–Crippen MR) is 79.6 cm³/mol. The number of benzene rings is 1. The van der Waals surface area contributed by atoms with E-state index in [1.54, 1.807) is 13.2 Å². The average molecular weight is 326 g/mol. The van der Waals surface area contributed by atoms with Crippen LogP contribution < -0.4 is 10.1 Å². The molecule has 1 N–H and O–H groups in total. The SMILES string of the molecule is CCC1(CNC(=O)c2ccc(Br)cc2OC)CCC1. The van der Waals surface area contributed by atoms with Gasteiger partial charge in [0.05, 0.1) is 12.7 Å². The molecule has 0 heterocycles. The van der Waals surface area contributed by atoms with Gasteiger partial charge in [-0.25, -0.2) is 0 Å². The van der Waals surface area contributed by atoms with Crippen molar-refractivity contribution in [1.29, 1.82) is 0 Å². The van der Waals surface area contributed by atoms with E-state index in [2.05, 4.69) is 28.2 Å². The third-order valence-electron chi connectivity index (χ3n) is 4.20. The summed E-state index contributed by atoms with van der Waals surface area (Å²) in [4.78, 5) is 12.2. The lowest BCUT2D eigenvalue weighted by Gasteiger charge is -2.41. The Bertz CT molecular complexity index is 464. The highest BCUT2D eigenvalue weighted by Gasteiger charge is 2.35. The Kier molecular flexibility index (Phi) is 4.50. The van der Waals surface area contributed by atoms with E-state index in [0.717, 1.165) is 17.4 Å². The summed E-state index contributed by atoms with van der Waals surface area (Å²) < 4.78 is 6.16. The maximum Gasteiger partial charge on any atom is 0.255 e. The van der Waals surface area contributed by atoms with E-state index in [1.807, 2.05) is 12.1 Å². The van der Waals surface area contributed by atoms with Crippen LogP contribution in [-0.4, -0.2) is 19.6 Å². The van der Waals surface area contributed by atoms with Crippen molar-refractivity contribution >= 4 is 21.8 Å². The Balaban J connectivity index is 2.03. The second-order valence-corrected chi connectivity index (χ2v) is 6.15. The summed E-state index contributed by atoms with van der Waals surface area (Å²) in [6.45, 7) is 2.97. The van der Waals surface area contributed by atoms with Crippen molar-refractivity contribution in [3.8, 4) is 5.75 Å². The fourth-order valence-corrected chi connectivity index (χ4v) is 2.89. The second-order valence-electron chi connectivity index (χ2n) is 5.23. The molecule has 0 radical (unpaired) electrons. The standard InChI is InChI=1S/C15H20BrNO2/c1-3-15(7-4-8-15)10-17-14(18)12-6-5-11(16)9-13(12)19-2/h5-6,9H,3-4,7-8,10H2,1-2H3,(H,17,18). The van der Waals surface area contributed by atoms with Crippen molar-refractivity contribution in [2.24, 2.45) is 5.41 Å². The Hall–Kier alpha value is -1.03. The first kappa shape index (κ1) is 14.4. The fraction of sp³-hybridized carbons (Fsp3) is 0.533. The van der Waals surface area contributed by atoms with Crippen LogP contribution >= 0.6 is 15.9 Å². The Morgan fingerprint density at radius 2 is 2.21 bits per heavy atom. The third-order valence-corrected chi connectivity index (χ3v) is 4.69. The number of nitrogens with one attached hydrogen (secondary N) is 1. The van der Waals surface area contributed by atoms with Gasteiger partial charge in [0.1, 0.15) is 5.75 Å². The zero-order chi connectivity index (χ0) is 13.9. The number of amides is 1. The largest absolute Gasteiger partial charge is 0.496 e. The first-order valence-electron chi connectivity index (χ1n) is 6.72. The number of hydrogen-bond acceptors (Lipinski definition) is 2. The summed E-state index contributed by atoms with van der Waals surface area (Å²) in [7, 11) is 1.58. The van der Waals surface area contributed by atoms with Crippen molar-refractivity contribution in [3.63, 3.8) is 0 Å². The Labute approximate surface area is 122 Å². The molecule has 1 aromatic rings. The number of rotatable bonds is 5. The summed E-state index contributed by atoms with van der Waals surface area (Å²) >= 11 is 3.38. The second kappa shape index (κ2) is 5.95. The number of carbonyl (C=O) groups excluding carboxylic acids is 1. The van der Waals surface area contributed by atoms with Gasteiger partial charge < -0.3 is 10.1 Å². The molecular formula is C15H20BrNO2. The normalized spacial score (nSPS) is 16.6. The van der Waals surface area contributed by atoms with Crippen molar-refractivity contribution in [2.75, 3.05) is 13.7 Å². The molecule has 1 amide bonds. The summed E-state index contributed by atoms with van der Waals surface area (Å²) in [5.41, 5.74) is 0.925. The van der Waals surface area contributed by atoms with E-state index in [1.165, 1.54) is 19.3 Å². The molecule has 3 nitrogen and oxygen atoms in total. The van der Waals surface area contributed by atoms with Gasteiger partial charge in [0.15, 0.2) is 0 Å². The molecule has 4 heteroatoms. The molecule has 0 spiro atoms. The summed E-state index contributed by atoms with van der Waals surface area (Å²) in [6, 6.07) is 5.46. The number of halogens is 1. The van der Waals surface area contributed by atoms with Gasteiger partial charge in [0, 0.05) is 11.0 Å². The molecule has 0 saturated heterocycles. The molecule has 1 fully saturated rings. The summed E-state index contributed by atoms with van der Waals surface area (Å²) in [6.07, 6.45) is 4.86. The van der Waals surface area contributed by atoms with Crippen molar-refractivity contribution < 1.29 is 9.53 Å². The molecule has 1 aromatic carbocycles. The average Bonchev–Trinajstić information content (AvgIpc) is 2.37. The molecule has 19 heavy (non-hydrogen) atoms. The van der Waals surface area contributed by atoms with Gasteiger partial charge in [-0.3, -0.25) is 4.79 Å². The topological polar surface area (TPSA) is 38.3 Å². The number of carbonyl (C=O) groups is 1. The van der Waals surface area contributed by atoms with Crippen LogP contribution in [0.15, 0.2) is 22.7 Å². The van der Waals surface area contributed by atoms with E-state index in [-0.39, 0.29) is 5.91 Å². The maximum absolute atomic E-state index is 12.2. The van der Waals surface area contributed by atoms with Crippen LogP contribution in [0.1, 0.15) is 43.0 Å². The van der Waals surface area contributed by atoms with Crippen LogP contribution in [0.4, 0.5) is 0 Å². The Morgan fingerprint density at radius 3 is 2.74 bits per heavy atom. The van der Waals surface area contributed by atoms with Gasteiger partial charge >= 0.3 is 0 Å². The third kappa shape index (κ3) is 3.11. The van der Waals surface area contributed by atoms with Gasteiger partial charge in [0.2, 0.25) is 0 Å². The summed E-state index contributed by atoms with van der Waals surface area (Å²) in [5.74, 6) is 0.551. The minimum atomic E-state index is -0.0518. The van der Waals surface area contributed by atoms with E-state index in [0.29, 0.717) is 16.7 Å². The Morgan fingerprint density at radius 1 is 1.47 bits per heavy atom. The number of methoxy groups -OCH3 is 1. The predicted octanol–water partition coefficient (Wildman–Crippen LogP) is 3.77. The van der Waals surface area contributed by atoms with Gasteiger partial charge in [0.25, 0.3) is 5.91 Å². The van der Waals surface area contributed by atoms with Gasteiger partial charge in [-0.05, 0) is 42.9 Å². The van der Waals surface area contributed by atoms with E-state index >= 15 is 0 Å². The molecule has 0 atom stereocenters. The molecular weight excluding hydrogens is 306 g/mol. The van der Waals surface area contributed by atoms with Crippen LogP contribution in [0.3, 0.4) is 0 Å². The van der Waals surface area contributed by atoms with Crippen LogP contribution in [0.25, 0.3) is 0 Å². The molecule has 1 aliphatic rings. The minimum Gasteiger partial charge on any atom is -0.496 e. The number of hydrogen-bond donors (Lipinski definition) is 1. The molecule has 104 valence electrons. The van der Waals surface area contributed by atoms with Crippen LogP contribution in [0.5, 0.6) is 5.75 Å². The first-order valence-corrected chi connectivity index (χ1v) is 7.51. The quantitative estimate of drug-likeness (QED) is 0.894. The highest BCUT2D eigenvalue weighted by atomic mass is 79.9. The van der Waals surface area contributed by atoms with Gasteiger partial charge in [-0.1, -0.05) is 29.3 Å². The lowest BCUT2D eigenvalue weighted by molar-refractivity contribution is 0.0847. The molecule has 0 aliphatic heterocycles. The van der Waals surface area contributed by atoms with E-state index in [4.69, 9.17) is 4.74 Å². The highest BCUT2D eigenvalue weighted by Crippen LogP contribution is 2.43. The molecule has 1 aliphatic carbocycles. The smallest absolute Gasteiger partial charge is 0.255 e. The summed E-state index contributed by atoms with van der Waals surface area (Å²) in [5, 5.41) is 3.05. The molecule has 0 aromatic heterocycles. The first-order chi connectivity index (χ1) is 9.10. The van der Waals surface area contributed by atoms with Crippen LogP contribution in [0, 0.1) is 5.41 Å². The maximum atomic E-state index is 12.2. The molecule has 0 unspecified atom stereocenters. The fourth-order valence-electron chi connectivity index (χ4n) is 2.55. The van der Waals surface area contributed by atoms with Crippen molar-refractivity contribution in [3.05, 3.63) is 28.2 Å². The lowest BCUT2D eigenvalue weighted by atomic mass is 9.67. The van der Waals surface area contributed by atoms with Crippen LogP contribution in [-0.2, 0) is 0 Å².